The van der Waals surface area contributed by atoms with Gasteiger partial charge in [-0.1, -0.05) is 63.2 Å². The molecule has 0 aliphatic heterocycles. The third kappa shape index (κ3) is 6.59. The Balaban J connectivity index is 2.21. The third-order valence-electron chi connectivity index (χ3n) is 6.47. The van der Waals surface area contributed by atoms with Crippen LogP contribution >= 0.6 is 0 Å². The smallest absolute Gasteiger partial charge is 0.162 e. The zero-order valence-electron chi connectivity index (χ0n) is 21.9. The number of rotatable bonds is 12. The molecule has 1 heterocycles. The molecular weight excluding hydrogens is 457 g/mol. The Labute approximate surface area is 213 Å². The Morgan fingerprint density at radius 1 is 1.08 bits per heavy atom. The molecule has 1 aromatic heterocycles. The van der Waals surface area contributed by atoms with Crippen LogP contribution in [0, 0.1) is 11.3 Å². The van der Waals surface area contributed by atoms with E-state index in [-0.39, 0.29) is 31.3 Å². The summed E-state index contributed by atoms with van der Waals surface area (Å²) in [6, 6.07) is 17.8. The maximum Gasteiger partial charge on any atom is 0.162 e. The van der Waals surface area contributed by atoms with Crippen molar-refractivity contribution in [3.05, 3.63) is 72.2 Å². The highest BCUT2D eigenvalue weighted by molar-refractivity contribution is 5.83. The lowest BCUT2D eigenvalue weighted by atomic mass is 9.69. The van der Waals surface area contributed by atoms with E-state index < -0.39 is 17.5 Å². The molecule has 6 nitrogen and oxygen atoms in total. The number of methoxy groups -OCH3 is 2. The van der Waals surface area contributed by atoms with Crippen molar-refractivity contribution in [3.8, 4) is 17.0 Å². The van der Waals surface area contributed by atoms with E-state index in [2.05, 4.69) is 37.5 Å². The van der Waals surface area contributed by atoms with Gasteiger partial charge in [0.25, 0.3) is 0 Å². The number of ketones is 1. The van der Waals surface area contributed by atoms with Crippen LogP contribution in [-0.4, -0.2) is 48.9 Å². The number of aromatic nitrogens is 2. The predicted molar refractivity (Wildman–Crippen MR) is 141 cm³/mol. The number of para-hydroxylation sites is 1. The molecule has 3 rings (SSSR count). The molecule has 0 aliphatic rings. The van der Waals surface area contributed by atoms with Gasteiger partial charge in [0, 0.05) is 43.8 Å². The molecular formula is C29H38FN3O3. The molecule has 0 radical (unpaired) electrons. The van der Waals surface area contributed by atoms with E-state index in [0.717, 1.165) is 22.6 Å². The first kappa shape index (κ1) is 27.6. The highest BCUT2D eigenvalue weighted by atomic mass is 19.1. The number of nitrogens with zero attached hydrogens (tertiary/aromatic N) is 2. The number of imidazole rings is 1. The van der Waals surface area contributed by atoms with Gasteiger partial charge in [-0.05, 0) is 29.5 Å². The monoisotopic (exact) mass is 495 g/mol. The number of benzene rings is 2. The zero-order chi connectivity index (χ0) is 26.3. The summed E-state index contributed by atoms with van der Waals surface area (Å²) < 4.78 is 27.6. The predicted octanol–water partition coefficient (Wildman–Crippen LogP) is 5.26. The normalized spacial score (nSPS) is 14.3. The summed E-state index contributed by atoms with van der Waals surface area (Å²) >= 11 is 0. The second-order valence-corrected chi connectivity index (χ2v) is 10.2. The Morgan fingerprint density at radius 3 is 2.36 bits per heavy atom. The first-order chi connectivity index (χ1) is 17.2. The average Bonchev–Trinajstić information content (AvgIpc) is 3.26. The number of hydrogen-bond acceptors (Lipinski definition) is 5. The summed E-state index contributed by atoms with van der Waals surface area (Å²) in [5.41, 5.74) is 7.92. The first-order valence-corrected chi connectivity index (χ1v) is 12.3. The van der Waals surface area contributed by atoms with Gasteiger partial charge < -0.3 is 19.8 Å². The average molecular weight is 496 g/mol. The molecule has 2 aromatic carbocycles. The zero-order valence-corrected chi connectivity index (χ0v) is 21.9. The van der Waals surface area contributed by atoms with E-state index in [1.165, 1.54) is 7.11 Å². The van der Waals surface area contributed by atoms with E-state index in [9.17, 15) is 9.18 Å². The molecule has 3 atom stereocenters. The lowest BCUT2D eigenvalue weighted by Crippen LogP contribution is -2.37. The van der Waals surface area contributed by atoms with E-state index in [1.807, 2.05) is 48.7 Å². The van der Waals surface area contributed by atoms with Crippen LogP contribution in [0.4, 0.5) is 4.39 Å². The maximum absolute atomic E-state index is 14.7. The van der Waals surface area contributed by atoms with Crippen LogP contribution in [0.15, 0.2) is 60.8 Å². The SMILES string of the molecule is COCC(=O)[C@H](C[C@H](F)CN)C(c1nc(-c2ccccc2OC)cn1Cc1ccccc1)C(C)(C)C. The molecule has 0 saturated heterocycles. The second-order valence-electron chi connectivity index (χ2n) is 10.2. The molecule has 0 amide bonds. The van der Waals surface area contributed by atoms with E-state index in [4.69, 9.17) is 20.2 Å². The molecule has 0 saturated carbocycles. The van der Waals surface area contributed by atoms with Crippen LogP contribution in [0.3, 0.4) is 0 Å². The van der Waals surface area contributed by atoms with Crippen LogP contribution in [0.5, 0.6) is 5.75 Å². The minimum Gasteiger partial charge on any atom is -0.496 e. The fourth-order valence-corrected chi connectivity index (χ4v) is 4.82. The molecule has 3 aromatic rings. The topological polar surface area (TPSA) is 79.4 Å². The lowest BCUT2D eigenvalue weighted by Gasteiger charge is -2.37. The van der Waals surface area contributed by atoms with E-state index in [1.54, 1.807) is 7.11 Å². The molecule has 2 N–H and O–H groups in total. The number of ether oxygens (including phenoxy) is 2. The van der Waals surface area contributed by atoms with Gasteiger partial charge in [-0.2, -0.15) is 0 Å². The standard InChI is InChI=1S/C29H38FN3O3/c1-29(2,3)27(23(15-21(30)16-31)25(34)19-35-4)28-32-24(22-13-9-10-14-26(22)36-5)18-33(28)17-20-11-7-6-8-12-20/h6-14,18,21,23,27H,15-17,19,31H2,1-5H3/t21-,23-,27?/m0/s1. The Kier molecular flexibility index (Phi) is 9.40. The molecule has 194 valence electrons. The Hall–Kier alpha value is -3.03. The van der Waals surface area contributed by atoms with Crippen LogP contribution in [0.2, 0.25) is 0 Å². The van der Waals surface area contributed by atoms with Gasteiger partial charge in [0.1, 0.15) is 24.4 Å². The van der Waals surface area contributed by atoms with Crippen molar-refractivity contribution in [1.29, 1.82) is 0 Å². The van der Waals surface area contributed by atoms with Crippen molar-refractivity contribution in [2.45, 2.75) is 45.8 Å². The minimum absolute atomic E-state index is 0.0167. The molecule has 36 heavy (non-hydrogen) atoms. The number of carbonyl (C=O) groups excluding carboxylic acids is 1. The van der Waals surface area contributed by atoms with Gasteiger partial charge in [0.15, 0.2) is 5.78 Å². The van der Waals surface area contributed by atoms with Crippen LogP contribution < -0.4 is 10.5 Å². The van der Waals surface area contributed by atoms with Gasteiger partial charge in [0.2, 0.25) is 0 Å². The van der Waals surface area contributed by atoms with Crippen LogP contribution in [0.1, 0.15) is 44.5 Å². The fourth-order valence-electron chi connectivity index (χ4n) is 4.82. The molecule has 1 unspecified atom stereocenters. The maximum atomic E-state index is 14.7. The van der Waals surface area contributed by atoms with Gasteiger partial charge in [-0.25, -0.2) is 9.37 Å². The summed E-state index contributed by atoms with van der Waals surface area (Å²) in [6.07, 6.45) is 0.710. The molecule has 7 heteroatoms. The number of Topliss-reactive ketones (excluding diaryl/α,β-unsaturated/α-hetero) is 1. The summed E-state index contributed by atoms with van der Waals surface area (Å²) in [6.45, 7) is 6.51. The van der Waals surface area contributed by atoms with E-state index in [0.29, 0.717) is 12.3 Å². The number of alkyl halides is 1. The van der Waals surface area contributed by atoms with Crippen molar-refractivity contribution < 1.29 is 18.7 Å². The van der Waals surface area contributed by atoms with Crippen LogP contribution in [0.25, 0.3) is 11.3 Å². The van der Waals surface area contributed by atoms with Gasteiger partial charge >= 0.3 is 0 Å². The molecule has 0 spiro atoms. The molecule has 0 aliphatic carbocycles. The number of carbonyl (C=O) groups is 1. The van der Waals surface area contributed by atoms with Gasteiger partial charge in [-0.3, -0.25) is 4.79 Å². The fraction of sp³-hybridized carbons (Fsp3) is 0.448. The van der Waals surface area contributed by atoms with Gasteiger partial charge in [0.05, 0.1) is 12.8 Å². The Morgan fingerprint density at radius 2 is 1.75 bits per heavy atom. The van der Waals surface area contributed by atoms with Crippen molar-refractivity contribution in [3.63, 3.8) is 0 Å². The lowest BCUT2D eigenvalue weighted by molar-refractivity contribution is -0.129. The van der Waals surface area contributed by atoms with Crippen molar-refractivity contribution in [1.82, 2.24) is 9.55 Å². The van der Waals surface area contributed by atoms with Gasteiger partial charge in [-0.15, -0.1) is 0 Å². The minimum atomic E-state index is -1.30. The molecule has 0 fully saturated rings. The van der Waals surface area contributed by atoms with Crippen LogP contribution in [-0.2, 0) is 16.1 Å². The van der Waals surface area contributed by atoms with E-state index >= 15 is 0 Å². The quantitative estimate of drug-likeness (QED) is 0.371. The number of halogens is 1. The third-order valence-corrected chi connectivity index (χ3v) is 6.47. The van der Waals surface area contributed by atoms with Crippen molar-refractivity contribution >= 4 is 5.78 Å². The molecule has 0 bridgehead atoms. The summed E-state index contributed by atoms with van der Waals surface area (Å²) in [4.78, 5) is 18.4. The summed E-state index contributed by atoms with van der Waals surface area (Å²) in [5, 5.41) is 0. The first-order valence-electron chi connectivity index (χ1n) is 12.3. The largest absolute Gasteiger partial charge is 0.496 e. The Bertz CT molecular complexity index is 1120. The summed E-state index contributed by atoms with van der Waals surface area (Å²) in [7, 11) is 3.11. The number of nitrogens with two attached hydrogens (primary N) is 1. The highest BCUT2D eigenvalue weighted by Crippen LogP contribution is 2.44. The highest BCUT2D eigenvalue weighted by Gasteiger charge is 2.41. The summed E-state index contributed by atoms with van der Waals surface area (Å²) in [5.74, 6) is 0.260. The second kappa shape index (κ2) is 12.3. The van der Waals surface area contributed by atoms with Crippen molar-refractivity contribution in [2.24, 2.45) is 17.1 Å². The van der Waals surface area contributed by atoms with Crippen molar-refractivity contribution in [2.75, 3.05) is 27.4 Å². The number of hydrogen-bond donors (Lipinski definition) is 1.